The van der Waals surface area contributed by atoms with Gasteiger partial charge < -0.3 is 15.5 Å². The van der Waals surface area contributed by atoms with Gasteiger partial charge in [0.1, 0.15) is 0 Å². The molecule has 0 aromatic heterocycles. The van der Waals surface area contributed by atoms with Crippen LogP contribution in [0.5, 0.6) is 0 Å². The summed E-state index contributed by atoms with van der Waals surface area (Å²) in [6, 6.07) is 0. The molecule has 2 N–H and O–H groups in total. The van der Waals surface area contributed by atoms with Crippen molar-refractivity contribution in [2.75, 3.05) is 33.7 Å². The third-order valence-electron chi connectivity index (χ3n) is 4.02. The molecule has 4 nitrogen and oxygen atoms in total. The minimum absolute atomic E-state index is 0.115. The summed E-state index contributed by atoms with van der Waals surface area (Å²) in [6.45, 7) is 6.48. The monoisotopic (exact) mass is 255 g/mol. The van der Waals surface area contributed by atoms with E-state index in [1.165, 1.54) is 19.3 Å². The van der Waals surface area contributed by atoms with Crippen molar-refractivity contribution in [3.63, 3.8) is 0 Å². The zero-order valence-corrected chi connectivity index (χ0v) is 12.4. The van der Waals surface area contributed by atoms with Crippen molar-refractivity contribution in [2.45, 2.75) is 45.1 Å². The highest BCUT2D eigenvalue weighted by molar-refractivity contribution is 5.77. The molecule has 1 rings (SSSR count). The first-order valence-corrected chi connectivity index (χ1v) is 7.11. The van der Waals surface area contributed by atoms with Crippen LogP contribution in [0, 0.1) is 5.92 Å². The van der Waals surface area contributed by atoms with Gasteiger partial charge >= 0.3 is 0 Å². The molecule has 0 spiro atoms. The van der Waals surface area contributed by atoms with Crippen molar-refractivity contribution in [3.8, 4) is 0 Å². The maximum Gasteiger partial charge on any atom is 0.233 e. The van der Waals surface area contributed by atoms with Crippen molar-refractivity contribution in [2.24, 2.45) is 5.92 Å². The number of hydrogen-bond donors (Lipinski definition) is 2. The lowest BCUT2D eigenvalue weighted by molar-refractivity contribution is -0.120. The van der Waals surface area contributed by atoms with E-state index in [1.807, 2.05) is 0 Å². The molecule has 0 heterocycles. The molecule has 0 saturated heterocycles. The average Bonchev–Trinajstić information content (AvgIpc) is 2.20. The van der Waals surface area contributed by atoms with Crippen LogP contribution in [0.25, 0.3) is 0 Å². The zero-order chi connectivity index (χ0) is 13.6. The molecule has 0 aromatic rings. The molecular weight excluding hydrogens is 226 g/mol. The summed E-state index contributed by atoms with van der Waals surface area (Å²) in [5.74, 6) is 0.758. The quantitative estimate of drug-likeness (QED) is 0.685. The van der Waals surface area contributed by atoms with Crippen LogP contribution in [0.3, 0.4) is 0 Å². The van der Waals surface area contributed by atoms with E-state index in [-0.39, 0.29) is 11.4 Å². The Morgan fingerprint density at radius 3 is 2.44 bits per heavy atom. The predicted octanol–water partition coefficient (Wildman–Crippen LogP) is 1.22. The van der Waals surface area contributed by atoms with E-state index in [1.54, 1.807) is 0 Å². The van der Waals surface area contributed by atoms with Gasteiger partial charge in [-0.25, -0.2) is 0 Å². The van der Waals surface area contributed by atoms with Gasteiger partial charge in [0, 0.05) is 18.6 Å². The van der Waals surface area contributed by atoms with Crippen LogP contribution >= 0.6 is 0 Å². The summed E-state index contributed by atoms with van der Waals surface area (Å²) >= 11 is 0. The molecule has 18 heavy (non-hydrogen) atoms. The van der Waals surface area contributed by atoms with Gasteiger partial charge in [-0.2, -0.15) is 0 Å². The van der Waals surface area contributed by atoms with Crippen LogP contribution in [0.1, 0.15) is 39.5 Å². The van der Waals surface area contributed by atoms with Crippen molar-refractivity contribution in [1.82, 2.24) is 15.5 Å². The Balaban J connectivity index is 2.11. The first-order valence-electron chi connectivity index (χ1n) is 7.11. The van der Waals surface area contributed by atoms with E-state index in [2.05, 4.69) is 43.5 Å². The van der Waals surface area contributed by atoms with Gasteiger partial charge in [-0.3, -0.25) is 4.79 Å². The molecule has 1 saturated carbocycles. The van der Waals surface area contributed by atoms with Gasteiger partial charge in [-0.15, -0.1) is 0 Å². The highest BCUT2D eigenvalue weighted by Crippen LogP contribution is 2.35. The van der Waals surface area contributed by atoms with Crippen LogP contribution in [0.2, 0.25) is 0 Å². The second kappa shape index (κ2) is 7.10. The number of carbonyl (C=O) groups is 1. The third kappa shape index (κ3) is 4.58. The van der Waals surface area contributed by atoms with Gasteiger partial charge in [0.15, 0.2) is 0 Å². The lowest BCUT2D eigenvalue weighted by Gasteiger charge is -2.47. The normalized spacial score (nSPS) is 17.9. The second-order valence-electron chi connectivity index (χ2n) is 6.11. The van der Waals surface area contributed by atoms with E-state index < -0.39 is 0 Å². The third-order valence-corrected chi connectivity index (χ3v) is 4.02. The van der Waals surface area contributed by atoms with E-state index >= 15 is 0 Å². The van der Waals surface area contributed by atoms with Crippen LogP contribution in [0.15, 0.2) is 0 Å². The average molecular weight is 255 g/mol. The molecule has 0 bridgehead atoms. The molecule has 0 atom stereocenters. The number of amides is 1. The molecule has 1 fully saturated rings. The SMILES string of the molecule is CC(C)CCNC(=O)CNCC1(N(C)C)CCC1. The fourth-order valence-corrected chi connectivity index (χ4v) is 2.34. The number of hydrogen-bond acceptors (Lipinski definition) is 3. The fourth-order valence-electron chi connectivity index (χ4n) is 2.34. The first kappa shape index (κ1) is 15.4. The Bertz CT molecular complexity index is 260. The van der Waals surface area contributed by atoms with Gasteiger partial charge in [-0.05, 0) is 45.7 Å². The predicted molar refractivity (Wildman–Crippen MR) is 75.6 cm³/mol. The molecule has 1 aliphatic carbocycles. The Morgan fingerprint density at radius 1 is 1.33 bits per heavy atom. The Morgan fingerprint density at radius 2 is 2.00 bits per heavy atom. The molecule has 1 aliphatic rings. The lowest BCUT2D eigenvalue weighted by Crippen LogP contribution is -2.57. The number of nitrogens with one attached hydrogen (secondary N) is 2. The molecule has 0 aromatic carbocycles. The zero-order valence-electron chi connectivity index (χ0n) is 12.4. The molecule has 1 amide bonds. The topological polar surface area (TPSA) is 44.4 Å². The lowest BCUT2D eigenvalue weighted by atomic mass is 9.75. The molecule has 106 valence electrons. The molecular formula is C14H29N3O. The van der Waals surface area contributed by atoms with Gasteiger partial charge in [0.2, 0.25) is 5.91 Å². The second-order valence-corrected chi connectivity index (χ2v) is 6.11. The molecule has 4 heteroatoms. The van der Waals surface area contributed by atoms with E-state index in [4.69, 9.17) is 0 Å². The van der Waals surface area contributed by atoms with E-state index in [0.717, 1.165) is 19.5 Å². The number of carbonyl (C=O) groups excluding carboxylic acids is 1. The van der Waals surface area contributed by atoms with E-state index in [0.29, 0.717) is 12.5 Å². The number of likely N-dealkylation sites (N-methyl/N-ethyl adjacent to an activating group) is 1. The van der Waals surface area contributed by atoms with E-state index in [9.17, 15) is 4.79 Å². The molecule has 0 aliphatic heterocycles. The maximum absolute atomic E-state index is 11.6. The molecule has 0 radical (unpaired) electrons. The smallest absolute Gasteiger partial charge is 0.233 e. The summed E-state index contributed by atoms with van der Waals surface area (Å²) in [4.78, 5) is 13.9. The minimum Gasteiger partial charge on any atom is -0.355 e. The van der Waals surface area contributed by atoms with Crippen molar-refractivity contribution in [3.05, 3.63) is 0 Å². The van der Waals surface area contributed by atoms with Crippen molar-refractivity contribution in [1.29, 1.82) is 0 Å². The Labute approximate surface area is 111 Å². The number of rotatable bonds is 8. The Kier molecular flexibility index (Phi) is 6.09. The van der Waals surface area contributed by atoms with Crippen molar-refractivity contribution >= 4 is 5.91 Å². The summed E-state index contributed by atoms with van der Waals surface area (Å²) < 4.78 is 0. The fraction of sp³-hybridized carbons (Fsp3) is 0.929. The minimum atomic E-state index is 0.115. The molecule has 0 unspecified atom stereocenters. The largest absolute Gasteiger partial charge is 0.355 e. The summed E-state index contributed by atoms with van der Waals surface area (Å²) in [5, 5.41) is 6.24. The highest BCUT2D eigenvalue weighted by atomic mass is 16.1. The van der Waals surface area contributed by atoms with Gasteiger partial charge in [0.25, 0.3) is 0 Å². The summed E-state index contributed by atoms with van der Waals surface area (Å²) in [7, 11) is 4.26. The maximum atomic E-state index is 11.6. The van der Waals surface area contributed by atoms with Crippen LogP contribution < -0.4 is 10.6 Å². The first-order chi connectivity index (χ1) is 8.46. The number of nitrogens with zero attached hydrogens (tertiary/aromatic N) is 1. The summed E-state index contributed by atoms with van der Waals surface area (Å²) in [5.41, 5.74) is 0.290. The van der Waals surface area contributed by atoms with Crippen LogP contribution in [-0.4, -0.2) is 50.1 Å². The summed E-state index contributed by atoms with van der Waals surface area (Å²) in [6.07, 6.45) is 4.83. The van der Waals surface area contributed by atoms with Crippen molar-refractivity contribution < 1.29 is 4.79 Å². The van der Waals surface area contributed by atoms with Crippen LogP contribution in [0.4, 0.5) is 0 Å². The highest BCUT2D eigenvalue weighted by Gasteiger charge is 2.38. The van der Waals surface area contributed by atoms with Gasteiger partial charge in [0.05, 0.1) is 6.54 Å². The standard InChI is InChI=1S/C14H29N3O/c1-12(2)6-9-16-13(18)10-15-11-14(17(3)4)7-5-8-14/h12,15H,5-11H2,1-4H3,(H,16,18). The Hall–Kier alpha value is -0.610. The van der Waals surface area contributed by atoms with Gasteiger partial charge in [-0.1, -0.05) is 13.8 Å². The van der Waals surface area contributed by atoms with Crippen LogP contribution in [-0.2, 0) is 4.79 Å².